The van der Waals surface area contributed by atoms with Crippen LogP contribution < -0.4 is 0 Å². The highest BCUT2D eigenvalue weighted by molar-refractivity contribution is 6.00. The standard InChI is InChI=1S/C17H23NO4/c1-10-6-7-11(2)15-14(10)12(3)16(22-15)17(20)18(4)8-13(19)9-21-5/h6-7,13,19H,8-9H2,1-5H3. The molecule has 1 atom stereocenters. The number of hydrogen-bond donors (Lipinski definition) is 1. The molecule has 1 amide bonds. The van der Waals surface area contributed by atoms with Crippen LogP contribution in [0.15, 0.2) is 16.5 Å². The number of ether oxygens (including phenoxy) is 1. The number of rotatable bonds is 5. The van der Waals surface area contributed by atoms with Crippen LogP contribution in [0.5, 0.6) is 0 Å². The minimum atomic E-state index is -0.716. The van der Waals surface area contributed by atoms with Gasteiger partial charge in [-0.3, -0.25) is 4.79 Å². The fourth-order valence-electron chi connectivity index (χ4n) is 2.70. The van der Waals surface area contributed by atoms with Crippen LogP contribution >= 0.6 is 0 Å². The zero-order valence-corrected chi connectivity index (χ0v) is 13.8. The summed E-state index contributed by atoms with van der Waals surface area (Å²) in [5, 5.41) is 10.8. The van der Waals surface area contributed by atoms with Gasteiger partial charge in [0, 0.05) is 31.7 Å². The van der Waals surface area contributed by atoms with Crippen molar-refractivity contribution in [3.8, 4) is 0 Å². The lowest BCUT2D eigenvalue weighted by Crippen LogP contribution is -2.36. The van der Waals surface area contributed by atoms with Crippen molar-refractivity contribution in [1.82, 2.24) is 4.90 Å². The molecule has 5 heteroatoms. The van der Waals surface area contributed by atoms with E-state index < -0.39 is 6.10 Å². The summed E-state index contributed by atoms with van der Waals surface area (Å²) in [4.78, 5) is 14.0. The number of hydrogen-bond acceptors (Lipinski definition) is 4. The highest BCUT2D eigenvalue weighted by Gasteiger charge is 2.23. The molecule has 1 aromatic heterocycles. The number of carbonyl (C=O) groups is 1. The number of aryl methyl sites for hydroxylation is 3. The van der Waals surface area contributed by atoms with Gasteiger partial charge in [0.05, 0.1) is 12.7 Å². The maximum Gasteiger partial charge on any atom is 0.289 e. The van der Waals surface area contributed by atoms with Gasteiger partial charge in [0.25, 0.3) is 5.91 Å². The number of benzene rings is 1. The number of aliphatic hydroxyl groups is 1. The van der Waals surface area contributed by atoms with Crippen molar-refractivity contribution in [1.29, 1.82) is 0 Å². The molecular weight excluding hydrogens is 282 g/mol. The van der Waals surface area contributed by atoms with E-state index in [0.717, 1.165) is 27.7 Å². The molecule has 0 spiro atoms. The van der Waals surface area contributed by atoms with E-state index in [1.807, 2.05) is 32.9 Å². The van der Waals surface area contributed by atoms with Gasteiger partial charge in [-0.2, -0.15) is 0 Å². The van der Waals surface area contributed by atoms with Gasteiger partial charge < -0.3 is 19.2 Å². The van der Waals surface area contributed by atoms with Crippen LogP contribution in [0.3, 0.4) is 0 Å². The second kappa shape index (κ2) is 6.50. The van der Waals surface area contributed by atoms with Crippen molar-refractivity contribution in [2.75, 3.05) is 27.3 Å². The molecule has 120 valence electrons. The number of furan rings is 1. The first-order chi connectivity index (χ1) is 10.4. The molecule has 1 aromatic carbocycles. The van der Waals surface area contributed by atoms with E-state index >= 15 is 0 Å². The van der Waals surface area contributed by atoms with Crippen molar-refractivity contribution in [3.63, 3.8) is 0 Å². The summed E-state index contributed by atoms with van der Waals surface area (Å²) >= 11 is 0. The van der Waals surface area contributed by atoms with Crippen molar-refractivity contribution < 1.29 is 19.1 Å². The molecule has 0 aliphatic rings. The third-order valence-corrected chi connectivity index (χ3v) is 3.87. The predicted molar refractivity (Wildman–Crippen MR) is 85.3 cm³/mol. The molecule has 2 aromatic rings. The van der Waals surface area contributed by atoms with Crippen LogP contribution in [0.4, 0.5) is 0 Å². The molecular formula is C17H23NO4. The fraction of sp³-hybridized carbons (Fsp3) is 0.471. The molecule has 0 radical (unpaired) electrons. The second-order valence-electron chi connectivity index (χ2n) is 5.75. The molecule has 0 bridgehead atoms. The number of aliphatic hydroxyl groups excluding tert-OH is 1. The molecule has 0 aliphatic carbocycles. The summed E-state index contributed by atoms with van der Waals surface area (Å²) in [6.07, 6.45) is -0.716. The Morgan fingerprint density at radius 1 is 1.32 bits per heavy atom. The smallest absolute Gasteiger partial charge is 0.289 e. The minimum absolute atomic E-state index is 0.189. The summed E-state index contributed by atoms with van der Waals surface area (Å²) in [5.74, 6) is 0.0992. The highest BCUT2D eigenvalue weighted by Crippen LogP contribution is 2.31. The van der Waals surface area contributed by atoms with Gasteiger partial charge >= 0.3 is 0 Å². The third kappa shape index (κ3) is 3.00. The average molecular weight is 305 g/mol. The normalized spacial score (nSPS) is 12.6. The summed E-state index contributed by atoms with van der Waals surface area (Å²) in [7, 11) is 3.16. The van der Waals surface area contributed by atoms with Gasteiger partial charge in [-0.15, -0.1) is 0 Å². The molecule has 0 saturated heterocycles. The van der Waals surface area contributed by atoms with E-state index in [2.05, 4.69) is 0 Å². The van der Waals surface area contributed by atoms with Crippen LogP contribution in [0.2, 0.25) is 0 Å². The monoisotopic (exact) mass is 305 g/mol. The summed E-state index contributed by atoms with van der Waals surface area (Å²) in [6.45, 7) is 6.25. The van der Waals surface area contributed by atoms with Gasteiger partial charge in [0.15, 0.2) is 5.76 Å². The number of fused-ring (bicyclic) bond motifs is 1. The first kappa shape index (κ1) is 16.5. The Balaban J connectivity index is 2.34. The average Bonchev–Trinajstić information content (AvgIpc) is 2.81. The van der Waals surface area contributed by atoms with Crippen molar-refractivity contribution in [2.24, 2.45) is 0 Å². The van der Waals surface area contributed by atoms with E-state index in [1.54, 1.807) is 7.05 Å². The Bertz CT molecular complexity index is 690. The van der Waals surface area contributed by atoms with Gasteiger partial charge in [-0.1, -0.05) is 12.1 Å². The summed E-state index contributed by atoms with van der Waals surface area (Å²) in [5.41, 5.74) is 3.69. The lowest BCUT2D eigenvalue weighted by Gasteiger charge is -2.19. The van der Waals surface area contributed by atoms with Crippen LogP contribution in [0.1, 0.15) is 27.2 Å². The van der Waals surface area contributed by atoms with E-state index in [4.69, 9.17) is 9.15 Å². The number of likely N-dealkylation sites (N-methyl/N-ethyl adjacent to an activating group) is 1. The summed E-state index contributed by atoms with van der Waals surface area (Å²) in [6, 6.07) is 4.02. The SMILES string of the molecule is COCC(O)CN(C)C(=O)c1oc2c(C)ccc(C)c2c1C. The van der Waals surface area contributed by atoms with Crippen molar-refractivity contribution in [3.05, 3.63) is 34.6 Å². The van der Waals surface area contributed by atoms with Crippen LogP contribution in [0.25, 0.3) is 11.0 Å². The largest absolute Gasteiger partial charge is 0.450 e. The Kier molecular flexibility index (Phi) is 4.88. The maximum atomic E-state index is 12.6. The number of methoxy groups -OCH3 is 1. The lowest BCUT2D eigenvalue weighted by atomic mass is 10.0. The Morgan fingerprint density at radius 3 is 2.55 bits per heavy atom. The zero-order valence-electron chi connectivity index (χ0n) is 13.8. The fourth-order valence-corrected chi connectivity index (χ4v) is 2.70. The van der Waals surface area contributed by atoms with Crippen LogP contribution in [0, 0.1) is 20.8 Å². The first-order valence-corrected chi connectivity index (χ1v) is 7.28. The topological polar surface area (TPSA) is 62.9 Å². The third-order valence-electron chi connectivity index (χ3n) is 3.87. The number of amides is 1. The zero-order chi connectivity index (χ0) is 16.4. The van der Waals surface area contributed by atoms with Gasteiger partial charge in [0.2, 0.25) is 0 Å². The number of carbonyl (C=O) groups excluding carboxylic acids is 1. The molecule has 0 saturated carbocycles. The molecule has 0 aliphatic heterocycles. The molecule has 2 rings (SSSR count). The lowest BCUT2D eigenvalue weighted by molar-refractivity contribution is 0.0368. The maximum absolute atomic E-state index is 12.6. The van der Waals surface area contributed by atoms with E-state index in [-0.39, 0.29) is 19.1 Å². The van der Waals surface area contributed by atoms with Crippen LogP contribution in [-0.4, -0.2) is 49.3 Å². The predicted octanol–water partition coefficient (Wildman–Crippen LogP) is 2.44. The van der Waals surface area contributed by atoms with Crippen molar-refractivity contribution >= 4 is 16.9 Å². The van der Waals surface area contributed by atoms with Crippen LogP contribution in [-0.2, 0) is 4.74 Å². The highest BCUT2D eigenvalue weighted by atomic mass is 16.5. The second-order valence-corrected chi connectivity index (χ2v) is 5.75. The Hall–Kier alpha value is -1.85. The number of nitrogens with zero attached hydrogens (tertiary/aromatic N) is 1. The molecule has 5 nitrogen and oxygen atoms in total. The van der Waals surface area contributed by atoms with Gasteiger partial charge in [0.1, 0.15) is 5.58 Å². The van der Waals surface area contributed by atoms with E-state index in [0.29, 0.717) is 5.76 Å². The Morgan fingerprint density at radius 2 is 1.95 bits per heavy atom. The van der Waals surface area contributed by atoms with Crippen molar-refractivity contribution in [2.45, 2.75) is 26.9 Å². The van der Waals surface area contributed by atoms with E-state index in [1.165, 1.54) is 12.0 Å². The van der Waals surface area contributed by atoms with Gasteiger partial charge in [-0.05, 0) is 31.9 Å². The molecule has 1 heterocycles. The molecule has 1 unspecified atom stereocenters. The molecule has 0 fully saturated rings. The molecule has 22 heavy (non-hydrogen) atoms. The minimum Gasteiger partial charge on any atom is -0.450 e. The molecule has 1 N–H and O–H groups in total. The van der Waals surface area contributed by atoms with E-state index in [9.17, 15) is 9.90 Å². The van der Waals surface area contributed by atoms with Gasteiger partial charge in [-0.25, -0.2) is 0 Å². The quantitative estimate of drug-likeness (QED) is 0.921. The first-order valence-electron chi connectivity index (χ1n) is 7.28. The Labute approximate surface area is 130 Å². The summed E-state index contributed by atoms with van der Waals surface area (Å²) < 4.78 is 10.7.